The normalized spacial score (nSPS) is 11.3. The topological polar surface area (TPSA) is 81.3 Å². The third kappa shape index (κ3) is 4.46. The van der Waals surface area contributed by atoms with Crippen molar-refractivity contribution in [3.63, 3.8) is 0 Å². The molecule has 192 valence electrons. The second-order valence-corrected chi connectivity index (χ2v) is 9.61. The van der Waals surface area contributed by atoms with E-state index in [1.807, 2.05) is 57.4 Å². The molecule has 0 aliphatic carbocycles. The monoisotopic (exact) mass is 507 g/mol. The Bertz CT molecular complexity index is 1820. The quantitative estimate of drug-likeness (QED) is 0.376. The molecule has 0 amide bonds. The van der Waals surface area contributed by atoms with Crippen LogP contribution in [0.3, 0.4) is 0 Å². The highest BCUT2D eigenvalue weighted by atomic mass is 16.2. The predicted octanol–water partition coefficient (Wildman–Crippen LogP) is 3.95. The maximum absolute atomic E-state index is 14.1. The van der Waals surface area contributed by atoms with Gasteiger partial charge in [0.2, 0.25) is 0 Å². The Kier molecular flexibility index (Phi) is 6.57. The van der Waals surface area contributed by atoms with Gasteiger partial charge in [0.25, 0.3) is 11.1 Å². The lowest BCUT2D eigenvalue weighted by molar-refractivity contribution is 0.403. The summed E-state index contributed by atoms with van der Waals surface area (Å²) in [6.07, 6.45) is 0. The molecule has 8 nitrogen and oxygen atoms in total. The number of fused-ring (bicyclic) bond motifs is 1. The summed E-state index contributed by atoms with van der Waals surface area (Å²) in [7, 11) is 5.54. The van der Waals surface area contributed by atoms with Gasteiger partial charge in [0.15, 0.2) is 0 Å². The SMILES string of the molecule is Cc1ccc(Nc2cc(=O)n(C)c3c2c(=O)n(-c2ccccc2)c(=O)n3-c2ccccc2)c(CN(C)C)c1. The highest BCUT2D eigenvalue weighted by molar-refractivity contribution is 5.92. The van der Waals surface area contributed by atoms with Crippen molar-refractivity contribution in [2.45, 2.75) is 13.5 Å². The number of benzene rings is 3. The minimum absolute atomic E-state index is 0.217. The molecule has 0 fully saturated rings. The molecule has 0 atom stereocenters. The summed E-state index contributed by atoms with van der Waals surface area (Å²) in [5.41, 5.74) is 3.03. The molecular formula is C30H29N5O3. The van der Waals surface area contributed by atoms with E-state index in [0.717, 1.165) is 21.4 Å². The molecule has 0 radical (unpaired) electrons. The van der Waals surface area contributed by atoms with Gasteiger partial charge in [-0.2, -0.15) is 0 Å². The molecule has 0 saturated heterocycles. The summed E-state index contributed by atoms with van der Waals surface area (Å²) in [4.78, 5) is 43.3. The molecule has 1 N–H and O–H groups in total. The molecule has 3 aromatic carbocycles. The largest absolute Gasteiger partial charge is 0.354 e. The number of aromatic nitrogens is 3. The molecule has 0 bridgehead atoms. The van der Waals surface area contributed by atoms with Crippen molar-refractivity contribution in [1.29, 1.82) is 0 Å². The number of pyridine rings is 1. The van der Waals surface area contributed by atoms with Gasteiger partial charge in [0.1, 0.15) is 11.0 Å². The van der Waals surface area contributed by atoms with Crippen LogP contribution in [-0.4, -0.2) is 32.7 Å². The number of hydrogen-bond acceptors (Lipinski definition) is 5. The van der Waals surface area contributed by atoms with Crippen LogP contribution in [0.1, 0.15) is 11.1 Å². The molecule has 0 saturated carbocycles. The first-order chi connectivity index (χ1) is 18.3. The molecule has 2 aromatic heterocycles. The van der Waals surface area contributed by atoms with Crippen LogP contribution in [0, 0.1) is 6.92 Å². The van der Waals surface area contributed by atoms with Gasteiger partial charge in [-0.05, 0) is 56.9 Å². The molecule has 0 aliphatic heterocycles. The Labute approximate surface area is 219 Å². The number of nitrogens with zero attached hydrogens (tertiary/aromatic N) is 4. The van der Waals surface area contributed by atoms with Crippen molar-refractivity contribution in [3.05, 3.63) is 127 Å². The van der Waals surface area contributed by atoms with Crippen LogP contribution in [0.2, 0.25) is 0 Å². The predicted molar refractivity (Wildman–Crippen MR) is 152 cm³/mol. The summed E-state index contributed by atoms with van der Waals surface area (Å²) < 4.78 is 3.93. The molecule has 0 spiro atoms. The van der Waals surface area contributed by atoms with Gasteiger partial charge in [0, 0.05) is 25.3 Å². The maximum Gasteiger partial charge on any atom is 0.341 e. The summed E-state index contributed by atoms with van der Waals surface area (Å²) in [6, 6.07) is 25.3. The van der Waals surface area contributed by atoms with Crippen molar-refractivity contribution in [1.82, 2.24) is 18.6 Å². The smallest absolute Gasteiger partial charge is 0.341 e. The van der Waals surface area contributed by atoms with E-state index in [0.29, 0.717) is 23.6 Å². The van der Waals surface area contributed by atoms with Gasteiger partial charge >= 0.3 is 5.69 Å². The minimum Gasteiger partial charge on any atom is -0.354 e. The number of nitrogens with one attached hydrogen (secondary N) is 1. The van der Waals surface area contributed by atoms with Gasteiger partial charge in [-0.25, -0.2) is 13.9 Å². The zero-order chi connectivity index (χ0) is 27.0. The van der Waals surface area contributed by atoms with Crippen LogP contribution in [0.25, 0.3) is 22.4 Å². The number of anilines is 2. The molecule has 8 heteroatoms. The summed E-state index contributed by atoms with van der Waals surface area (Å²) in [6.45, 7) is 2.68. The van der Waals surface area contributed by atoms with Crippen LogP contribution in [0.4, 0.5) is 11.4 Å². The number of para-hydroxylation sites is 2. The van der Waals surface area contributed by atoms with Crippen molar-refractivity contribution >= 4 is 22.4 Å². The van der Waals surface area contributed by atoms with E-state index in [1.54, 1.807) is 43.4 Å². The van der Waals surface area contributed by atoms with Crippen molar-refractivity contribution in [2.24, 2.45) is 7.05 Å². The number of aryl methyl sites for hydroxylation is 2. The summed E-state index contributed by atoms with van der Waals surface area (Å²) >= 11 is 0. The second kappa shape index (κ2) is 9.99. The number of hydrogen-bond donors (Lipinski definition) is 1. The van der Waals surface area contributed by atoms with E-state index < -0.39 is 11.2 Å². The maximum atomic E-state index is 14.1. The Balaban J connectivity index is 1.90. The molecule has 0 unspecified atom stereocenters. The standard InChI is InChI=1S/C30H29N5O3/c1-20-15-16-24(21(17-20)19-32(2)3)31-25-18-26(36)33(4)28-27(25)29(37)35(23-13-9-6-10-14-23)30(38)34(28)22-11-7-5-8-12-22/h5-18,31H,19H2,1-4H3. The van der Waals surface area contributed by atoms with Gasteiger partial charge < -0.3 is 10.2 Å². The van der Waals surface area contributed by atoms with E-state index in [9.17, 15) is 14.4 Å². The van der Waals surface area contributed by atoms with Gasteiger partial charge in [0.05, 0.1) is 17.1 Å². The lowest BCUT2D eigenvalue weighted by atomic mass is 10.1. The van der Waals surface area contributed by atoms with Crippen molar-refractivity contribution in [2.75, 3.05) is 19.4 Å². The number of rotatable bonds is 6. The molecule has 5 rings (SSSR count). The zero-order valence-electron chi connectivity index (χ0n) is 21.8. The first kappa shape index (κ1) is 25.0. The molecule has 5 aromatic rings. The Morgan fingerprint density at radius 1 is 0.763 bits per heavy atom. The Hall–Kier alpha value is -4.69. The van der Waals surface area contributed by atoms with Crippen LogP contribution in [-0.2, 0) is 13.6 Å². The van der Waals surface area contributed by atoms with Crippen LogP contribution >= 0.6 is 0 Å². The third-order valence-corrected chi connectivity index (χ3v) is 6.47. The summed E-state index contributed by atoms with van der Waals surface area (Å²) in [5.74, 6) is 0. The summed E-state index contributed by atoms with van der Waals surface area (Å²) in [5, 5.41) is 3.60. The first-order valence-electron chi connectivity index (χ1n) is 12.3. The Morgan fingerprint density at radius 3 is 1.97 bits per heavy atom. The lowest BCUT2D eigenvalue weighted by Crippen LogP contribution is -2.40. The van der Waals surface area contributed by atoms with Gasteiger partial charge in [-0.1, -0.05) is 54.1 Å². The lowest BCUT2D eigenvalue weighted by Gasteiger charge is -2.20. The fourth-order valence-corrected chi connectivity index (χ4v) is 4.72. The molecule has 2 heterocycles. The van der Waals surface area contributed by atoms with Crippen LogP contribution in [0.15, 0.2) is 99.3 Å². The second-order valence-electron chi connectivity index (χ2n) is 9.61. The molecule has 0 aliphatic rings. The minimum atomic E-state index is -0.560. The average Bonchev–Trinajstić information content (AvgIpc) is 2.89. The van der Waals surface area contributed by atoms with E-state index in [4.69, 9.17) is 0 Å². The third-order valence-electron chi connectivity index (χ3n) is 6.47. The van der Waals surface area contributed by atoms with E-state index in [1.165, 1.54) is 15.2 Å². The van der Waals surface area contributed by atoms with E-state index >= 15 is 0 Å². The van der Waals surface area contributed by atoms with E-state index in [-0.39, 0.29) is 16.6 Å². The average molecular weight is 508 g/mol. The van der Waals surface area contributed by atoms with Gasteiger partial charge in [-0.15, -0.1) is 0 Å². The van der Waals surface area contributed by atoms with E-state index in [2.05, 4.69) is 16.3 Å². The molecule has 38 heavy (non-hydrogen) atoms. The van der Waals surface area contributed by atoms with Crippen molar-refractivity contribution < 1.29 is 0 Å². The highest BCUT2D eigenvalue weighted by Gasteiger charge is 2.22. The fourth-order valence-electron chi connectivity index (χ4n) is 4.72. The molecular weight excluding hydrogens is 478 g/mol. The van der Waals surface area contributed by atoms with Gasteiger partial charge in [-0.3, -0.25) is 14.2 Å². The van der Waals surface area contributed by atoms with Crippen LogP contribution < -0.4 is 22.1 Å². The zero-order valence-corrected chi connectivity index (χ0v) is 21.8. The first-order valence-corrected chi connectivity index (χ1v) is 12.3. The fraction of sp³-hybridized carbons (Fsp3) is 0.167. The highest BCUT2D eigenvalue weighted by Crippen LogP contribution is 2.27. The Morgan fingerprint density at radius 2 is 1.37 bits per heavy atom. The van der Waals surface area contributed by atoms with Crippen molar-refractivity contribution in [3.8, 4) is 11.4 Å². The van der Waals surface area contributed by atoms with Crippen LogP contribution in [0.5, 0.6) is 0 Å².